The quantitative estimate of drug-likeness (QED) is 0.0211. The average molecular weight is 1300 g/mol. The molecule has 0 aliphatic carbocycles. The highest BCUT2D eigenvalue weighted by Gasteiger charge is 2.27. The van der Waals surface area contributed by atoms with Gasteiger partial charge in [-0.2, -0.15) is 0 Å². The first-order valence-electron chi connectivity index (χ1n) is 38.8. The monoisotopic (exact) mass is 1300 g/mol. The molecule has 1 N–H and O–H groups in total. The Bertz CT molecular complexity index is 1810. The van der Waals surface area contributed by atoms with Crippen molar-refractivity contribution in [3.63, 3.8) is 0 Å². The van der Waals surface area contributed by atoms with Gasteiger partial charge in [0.05, 0.1) is 27.7 Å². The summed E-state index contributed by atoms with van der Waals surface area (Å²) in [4.78, 5) is 35.9. The molecule has 10 heteroatoms. The molecule has 0 fully saturated rings. The molecule has 0 saturated heterocycles. The molecule has 0 aromatic rings. The van der Waals surface area contributed by atoms with Crippen molar-refractivity contribution in [3.8, 4) is 0 Å². The van der Waals surface area contributed by atoms with E-state index in [2.05, 4.69) is 98.9 Å². The van der Waals surface area contributed by atoms with Crippen LogP contribution in [0.15, 0.2) is 85.1 Å². The summed E-state index contributed by atoms with van der Waals surface area (Å²) >= 11 is 0. The van der Waals surface area contributed by atoms with Crippen molar-refractivity contribution in [2.45, 2.75) is 373 Å². The maximum Gasteiger partial charge on any atom is 0.472 e. The fraction of sp³-hybridized carbons (Fsp3) is 0.802. The molecular formula is C81H149NO8P+. The van der Waals surface area contributed by atoms with Gasteiger partial charge in [0.2, 0.25) is 0 Å². The molecule has 91 heavy (non-hydrogen) atoms. The Kier molecular flexibility index (Phi) is 69.3. The fourth-order valence-corrected chi connectivity index (χ4v) is 12.0. The van der Waals surface area contributed by atoms with E-state index in [1.165, 1.54) is 244 Å². The summed E-state index contributed by atoms with van der Waals surface area (Å²) in [5.41, 5.74) is 0. The largest absolute Gasteiger partial charge is 0.472 e. The van der Waals surface area contributed by atoms with E-state index in [9.17, 15) is 19.0 Å². The van der Waals surface area contributed by atoms with E-state index in [0.29, 0.717) is 17.4 Å². The second-order valence-corrected chi connectivity index (χ2v) is 28.8. The molecule has 0 aromatic heterocycles. The first-order chi connectivity index (χ1) is 44.5. The number of carbonyl (C=O) groups excluding carboxylic acids is 2. The zero-order valence-electron chi connectivity index (χ0n) is 60.6. The van der Waals surface area contributed by atoms with E-state index in [1.807, 2.05) is 21.1 Å². The minimum atomic E-state index is -4.40. The van der Waals surface area contributed by atoms with Crippen molar-refractivity contribution in [2.75, 3.05) is 47.5 Å². The van der Waals surface area contributed by atoms with Gasteiger partial charge >= 0.3 is 19.8 Å². The second kappa shape index (κ2) is 71.5. The highest BCUT2D eigenvalue weighted by molar-refractivity contribution is 7.47. The number of likely N-dealkylation sites (N-methyl/N-ethyl adjacent to an activating group) is 1. The zero-order chi connectivity index (χ0) is 66.2. The Hall–Kier alpha value is -2.81. The molecule has 0 rings (SSSR count). The third kappa shape index (κ3) is 76.1. The van der Waals surface area contributed by atoms with Crippen LogP contribution in [0.2, 0.25) is 0 Å². The van der Waals surface area contributed by atoms with Crippen molar-refractivity contribution in [1.29, 1.82) is 0 Å². The lowest BCUT2D eigenvalue weighted by molar-refractivity contribution is -0.870. The van der Waals surface area contributed by atoms with Crippen molar-refractivity contribution >= 4 is 19.8 Å². The Morgan fingerprint density at radius 2 is 0.626 bits per heavy atom. The van der Waals surface area contributed by atoms with Gasteiger partial charge in [-0.05, 0) is 70.6 Å². The smallest absolute Gasteiger partial charge is 0.462 e. The van der Waals surface area contributed by atoms with Crippen LogP contribution in [-0.2, 0) is 32.7 Å². The lowest BCUT2D eigenvalue weighted by atomic mass is 10.0. The molecule has 0 radical (unpaired) electrons. The van der Waals surface area contributed by atoms with Gasteiger partial charge in [0.1, 0.15) is 19.8 Å². The van der Waals surface area contributed by atoms with E-state index in [1.54, 1.807) is 0 Å². The third-order valence-electron chi connectivity index (χ3n) is 17.2. The molecule has 0 aliphatic heterocycles. The van der Waals surface area contributed by atoms with E-state index in [4.69, 9.17) is 18.5 Å². The maximum absolute atomic E-state index is 12.9. The number of allylic oxidation sites excluding steroid dienone is 14. The normalized spacial score (nSPS) is 13.5. The molecule has 0 aromatic carbocycles. The van der Waals surface area contributed by atoms with Gasteiger partial charge in [-0.3, -0.25) is 18.6 Å². The van der Waals surface area contributed by atoms with Gasteiger partial charge < -0.3 is 18.9 Å². The van der Waals surface area contributed by atoms with Crippen LogP contribution in [0.1, 0.15) is 367 Å². The van der Waals surface area contributed by atoms with Crippen LogP contribution in [0.4, 0.5) is 0 Å². The summed E-state index contributed by atoms with van der Waals surface area (Å²) < 4.78 is 34.8. The molecule has 0 heterocycles. The minimum absolute atomic E-state index is 0.0271. The lowest BCUT2D eigenvalue weighted by Crippen LogP contribution is -2.37. The number of rotatable bonds is 72. The number of hydrogen-bond donors (Lipinski definition) is 1. The van der Waals surface area contributed by atoms with E-state index < -0.39 is 26.5 Å². The van der Waals surface area contributed by atoms with Gasteiger partial charge in [0.15, 0.2) is 6.10 Å². The number of phosphoric acid groups is 1. The van der Waals surface area contributed by atoms with Gasteiger partial charge in [-0.25, -0.2) is 4.57 Å². The molecule has 530 valence electrons. The second-order valence-electron chi connectivity index (χ2n) is 27.4. The van der Waals surface area contributed by atoms with Crippen LogP contribution in [0.25, 0.3) is 0 Å². The van der Waals surface area contributed by atoms with Crippen LogP contribution < -0.4 is 0 Å². The Balaban J connectivity index is 3.96. The molecule has 9 nitrogen and oxygen atoms in total. The molecule has 0 bridgehead atoms. The number of carbonyl (C=O) groups is 2. The minimum Gasteiger partial charge on any atom is -0.462 e. The zero-order valence-corrected chi connectivity index (χ0v) is 61.5. The molecular weight excluding hydrogens is 1150 g/mol. The van der Waals surface area contributed by atoms with Crippen LogP contribution in [0.5, 0.6) is 0 Å². The van der Waals surface area contributed by atoms with Crippen LogP contribution >= 0.6 is 7.82 Å². The lowest BCUT2D eigenvalue weighted by Gasteiger charge is -2.24. The van der Waals surface area contributed by atoms with E-state index >= 15 is 0 Å². The summed E-state index contributed by atoms with van der Waals surface area (Å²) in [5.74, 6) is -0.799. The predicted octanol–water partition coefficient (Wildman–Crippen LogP) is 25.7. The molecule has 0 aliphatic rings. The summed E-state index contributed by atoms with van der Waals surface area (Å²) in [6.45, 7) is 4.35. The number of nitrogens with zero attached hydrogens (tertiary/aromatic N) is 1. The first kappa shape index (κ1) is 88.2. The summed E-state index contributed by atoms with van der Waals surface area (Å²) in [6.07, 6.45) is 98.7. The predicted molar refractivity (Wildman–Crippen MR) is 395 cm³/mol. The maximum atomic E-state index is 12.9. The Labute approximate surface area is 564 Å². The van der Waals surface area contributed by atoms with Gasteiger partial charge in [0, 0.05) is 12.8 Å². The first-order valence-corrected chi connectivity index (χ1v) is 40.3. The molecule has 0 saturated carbocycles. The fourth-order valence-electron chi connectivity index (χ4n) is 11.3. The van der Waals surface area contributed by atoms with Crippen molar-refractivity contribution in [1.82, 2.24) is 0 Å². The molecule has 2 unspecified atom stereocenters. The number of hydrogen-bond acceptors (Lipinski definition) is 7. The van der Waals surface area contributed by atoms with Crippen molar-refractivity contribution in [3.05, 3.63) is 85.1 Å². The summed E-state index contributed by atoms with van der Waals surface area (Å²) in [6, 6.07) is 0. The average Bonchev–Trinajstić information content (AvgIpc) is 3.74. The van der Waals surface area contributed by atoms with Crippen molar-refractivity contribution in [2.24, 2.45) is 0 Å². The van der Waals surface area contributed by atoms with Crippen LogP contribution in [0, 0.1) is 0 Å². The Morgan fingerprint density at radius 3 is 0.934 bits per heavy atom. The summed E-state index contributed by atoms with van der Waals surface area (Å²) in [7, 11) is 1.47. The standard InChI is InChI=1S/C81H148NO8P/c1-6-8-10-12-14-16-18-20-22-24-26-28-30-32-34-36-37-38-39-40-41-42-43-44-46-47-49-51-53-55-57-59-61-63-65-67-69-71-73-80(83)87-77-79(78-89-91(85,86)88-76-75-82(3,4)5)90-81(84)74-72-70-68-66-64-62-60-58-56-54-52-50-48-45-35-33-31-29-27-25-23-21-19-17-15-13-11-9-7-2/h9,11,15,17,21,23,27,29,33,35,48,50,54,56,79H,6-8,10,12-14,16,18-20,22,24-26,28,30-32,34,36-47,49,51-53,55,57-78H2,1-5H3/p+1/b11-9-,17-15-,23-21-,29-27-,35-33-,50-48-,56-54-. The highest BCUT2D eigenvalue weighted by atomic mass is 31.2. The van der Waals surface area contributed by atoms with E-state index in [-0.39, 0.29) is 32.0 Å². The Morgan fingerprint density at radius 1 is 0.352 bits per heavy atom. The van der Waals surface area contributed by atoms with Crippen LogP contribution in [-0.4, -0.2) is 74.9 Å². The third-order valence-corrected chi connectivity index (χ3v) is 18.2. The molecule has 0 spiro atoms. The SMILES string of the molecule is CC/C=C\C/C=C\C/C=C\C/C=C\C/C=C\C/C=C\C/C=C\CCCCCCCCCC(=O)OC(COC(=O)CCCCCCCCCCCCCCCCCCCCCCCCCCCCCCCCCCCCCCCC)COP(=O)(O)OCC[N+](C)(C)C. The number of unbranched alkanes of at least 4 members (excludes halogenated alkanes) is 44. The topological polar surface area (TPSA) is 108 Å². The number of quaternary nitrogens is 1. The number of esters is 2. The van der Waals surface area contributed by atoms with E-state index in [0.717, 1.165) is 89.9 Å². The number of phosphoric ester groups is 1. The van der Waals surface area contributed by atoms with Gasteiger partial charge in [-0.1, -0.05) is 369 Å². The van der Waals surface area contributed by atoms with Crippen molar-refractivity contribution < 1.29 is 42.1 Å². The number of ether oxygens (including phenoxy) is 2. The highest BCUT2D eigenvalue weighted by Crippen LogP contribution is 2.43. The molecule has 2 atom stereocenters. The van der Waals surface area contributed by atoms with Gasteiger partial charge in [-0.15, -0.1) is 0 Å². The van der Waals surface area contributed by atoms with Crippen LogP contribution in [0.3, 0.4) is 0 Å². The molecule has 0 amide bonds. The summed E-state index contributed by atoms with van der Waals surface area (Å²) in [5, 5.41) is 0. The van der Waals surface area contributed by atoms with Gasteiger partial charge in [0.25, 0.3) is 0 Å².